The molecule has 0 fully saturated rings. The number of rotatable bonds is 7. The maximum atomic E-state index is 14.2. The Kier molecular flexibility index (Phi) is 6.96. The number of methoxy groups -OCH3 is 1. The molecule has 2 aromatic carbocycles. The number of anilines is 1. The zero-order valence-corrected chi connectivity index (χ0v) is 21.6. The molecule has 0 aliphatic heterocycles. The van der Waals surface area contributed by atoms with Gasteiger partial charge in [0.25, 0.3) is 10.0 Å². The standard InChI is InChI=1S/C27H20F2N4O3S2/c1-36-27-25(33-38(34,35)26-7-4-19(28)12-23(26)29)11-18(14-32-27)16-3-6-24-22(10-16)21(8-9-30-24)17-2-5-20(15-37)31-13-17/h2-14,33,37H,15H2,1H3. The zero-order valence-electron chi connectivity index (χ0n) is 19.9. The molecule has 0 radical (unpaired) electrons. The van der Waals surface area contributed by atoms with Gasteiger partial charge >= 0.3 is 0 Å². The van der Waals surface area contributed by atoms with Crippen molar-refractivity contribution in [2.45, 2.75) is 10.6 Å². The van der Waals surface area contributed by atoms with Gasteiger partial charge in [-0.1, -0.05) is 12.1 Å². The van der Waals surface area contributed by atoms with Gasteiger partial charge in [-0.05, 0) is 53.6 Å². The minimum Gasteiger partial charge on any atom is -0.480 e. The highest BCUT2D eigenvalue weighted by Crippen LogP contribution is 2.34. The molecule has 0 bridgehead atoms. The molecular weight excluding hydrogens is 530 g/mol. The van der Waals surface area contributed by atoms with Crippen molar-refractivity contribution >= 4 is 39.2 Å². The van der Waals surface area contributed by atoms with Crippen LogP contribution in [-0.2, 0) is 15.8 Å². The van der Waals surface area contributed by atoms with Crippen LogP contribution in [-0.4, -0.2) is 30.5 Å². The number of aromatic nitrogens is 3. The summed E-state index contributed by atoms with van der Waals surface area (Å²) >= 11 is 4.26. The highest BCUT2D eigenvalue weighted by atomic mass is 32.2. The maximum Gasteiger partial charge on any atom is 0.264 e. The van der Waals surface area contributed by atoms with Gasteiger partial charge in [0, 0.05) is 52.6 Å². The molecule has 38 heavy (non-hydrogen) atoms. The second-order valence-corrected chi connectivity index (χ2v) is 10.2. The molecule has 7 nitrogen and oxygen atoms in total. The van der Waals surface area contributed by atoms with Gasteiger partial charge in [0.1, 0.15) is 22.2 Å². The third-order valence-corrected chi connectivity index (χ3v) is 7.57. The highest BCUT2D eigenvalue weighted by Gasteiger charge is 2.22. The van der Waals surface area contributed by atoms with Gasteiger partial charge in [0.05, 0.1) is 12.6 Å². The van der Waals surface area contributed by atoms with E-state index < -0.39 is 26.6 Å². The van der Waals surface area contributed by atoms with Crippen LogP contribution in [0.1, 0.15) is 5.69 Å². The van der Waals surface area contributed by atoms with Crippen molar-refractivity contribution in [2.24, 2.45) is 0 Å². The first-order chi connectivity index (χ1) is 18.3. The Hall–Kier alpha value is -4.09. The van der Waals surface area contributed by atoms with Crippen LogP contribution in [0.15, 0.2) is 84.1 Å². The number of pyridine rings is 3. The van der Waals surface area contributed by atoms with Gasteiger partial charge in [-0.3, -0.25) is 14.7 Å². The van der Waals surface area contributed by atoms with Crippen LogP contribution < -0.4 is 9.46 Å². The average molecular weight is 551 g/mol. The third kappa shape index (κ3) is 5.02. The molecule has 5 rings (SSSR count). The molecule has 0 spiro atoms. The van der Waals surface area contributed by atoms with E-state index in [1.165, 1.54) is 19.4 Å². The smallest absolute Gasteiger partial charge is 0.264 e. The summed E-state index contributed by atoms with van der Waals surface area (Å²) in [6.45, 7) is 0. The highest BCUT2D eigenvalue weighted by molar-refractivity contribution is 7.92. The number of halogens is 2. The van der Waals surface area contributed by atoms with Crippen molar-refractivity contribution in [3.63, 3.8) is 0 Å². The molecule has 5 aromatic rings. The number of sulfonamides is 1. The molecule has 0 saturated carbocycles. The van der Waals surface area contributed by atoms with Crippen molar-refractivity contribution in [1.29, 1.82) is 0 Å². The van der Waals surface area contributed by atoms with Crippen molar-refractivity contribution in [3.05, 3.63) is 96.6 Å². The second kappa shape index (κ2) is 10.3. The van der Waals surface area contributed by atoms with E-state index >= 15 is 0 Å². The molecule has 3 aromatic heterocycles. The van der Waals surface area contributed by atoms with E-state index in [9.17, 15) is 17.2 Å². The summed E-state index contributed by atoms with van der Waals surface area (Å²) in [6, 6.07) is 15.1. The number of fused-ring (bicyclic) bond motifs is 1. The van der Waals surface area contributed by atoms with E-state index in [2.05, 4.69) is 32.3 Å². The van der Waals surface area contributed by atoms with E-state index in [0.717, 1.165) is 45.4 Å². The molecule has 0 unspecified atom stereocenters. The largest absolute Gasteiger partial charge is 0.480 e. The number of ether oxygens (including phenoxy) is 1. The van der Waals surface area contributed by atoms with E-state index in [-0.39, 0.29) is 11.6 Å². The fourth-order valence-corrected chi connectivity index (χ4v) is 5.29. The SMILES string of the molecule is COc1ncc(-c2ccc3nccc(-c4ccc(CS)nc4)c3c2)cc1NS(=O)(=O)c1ccc(F)cc1F. The average Bonchev–Trinajstić information content (AvgIpc) is 2.92. The minimum atomic E-state index is -4.41. The lowest BCUT2D eigenvalue weighted by atomic mass is 9.98. The number of nitrogens with one attached hydrogen (secondary N) is 1. The Morgan fingerprint density at radius 1 is 0.895 bits per heavy atom. The van der Waals surface area contributed by atoms with Gasteiger partial charge in [0.2, 0.25) is 5.88 Å². The fraction of sp³-hybridized carbons (Fsp3) is 0.0741. The molecule has 0 atom stereocenters. The summed E-state index contributed by atoms with van der Waals surface area (Å²) in [5.74, 6) is -1.59. The lowest BCUT2D eigenvalue weighted by molar-refractivity contribution is 0.400. The summed E-state index contributed by atoms with van der Waals surface area (Å²) in [6.07, 6.45) is 5.04. The van der Waals surface area contributed by atoms with Gasteiger partial charge in [-0.2, -0.15) is 12.6 Å². The lowest BCUT2D eigenvalue weighted by Crippen LogP contribution is -2.15. The van der Waals surface area contributed by atoms with Crippen LogP contribution in [0.2, 0.25) is 0 Å². The molecule has 0 amide bonds. The summed E-state index contributed by atoms with van der Waals surface area (Å²) in [5.41, 5.74) is 4.74. The van der Waals surface area contributed by atoms with Crippen LogP contribution >= 0.6 is 12.6 Å². The van der Waals surface area contributed by atoms with Gasteiger partial charge in [-0.25, -0.2) is 22.2 Å². The van der Waals surface area contributed by atoms with Crippen LogP contribution in [0.5, 0.6) is 5.88 Å². The molecule has 11 heteroatoms. The number of nitrogens with zero attached hydrogens (tertiary/aromatic N) is 3. The number of thiol groups is 1. The Morgan fingerprint density at radius 3 is 2.39 bits per heavy atom. The molecular formula is C27H20F2N4O3S2. The zero-order chi connectivity index (χ0) is 26.9. The molecule has 192 valence electrons. The van der Waals surface area contributed by atoms with Crippen LogP contribution in [0.25, 0.3) is 33.2 Å². The van der Waals surface area contributed by atoms with Crippen LogP contribution in [0.4, 0.5) is 14.5 Å². The number of hydrogen-bond donors (Lipinski definition) is 2. The Bertz CT molecular complexity index is 1770. The molecule has 0 aliphatic rings. The first-order valence-electron chi connectivity index (χ1n) is 11.3. The minimum absolute atomic E-state index is 0.00761. The molecule has 1 N–H and O–H groups in total. The van der Waals surface area contributed by atoms with Gasteiger partial charge < -0.3 is 4.74 Å². The summed E-state index contributed by atoms with van der Waals surface area (Å²) in [5, 5.41) is 0.858. The van der Waals surface area contributed by atoms with Gasteiger partial charge in [-0.15, -0.1) is 0 Å². The van der Waals surface area contributed by atoms with Crippen LogP contribution in [0, 0.1) is 11.6 Å². The summed E-state index contributed by atoms with van der Waals surface area (Å²) in [7, 11) is -3.08. The van der Waals surface area contributed by atoms with E-state index in [1.807, 2.05) is 36.4 Å². The molecule has 3 heterocycles. The predicted octanol–water partition coefficient (Wildman–Crippen LogP) is 5.88. The van der Waals surface area contributed by atoms with Crippen molar-refractivity contribution in [2.75, 3.05) is 11.8 Å². The van der Waals surface area contributed by atoms with Gasteiger partial charge in [0.15, 0.2) is 0 Å². The van der Waals surface area contributed by atoms with E-state index in [1.54, 1.807) is 12.4 Å². The Balaban J connectivity index is 1.57. The second-order valence-electron chi connectivity index (χ2n) is 8.25. The topological polar surface area (TPSA) is 94.1 Å². The first kappa shape index (κ1) is 25.6. The molecule has 0 saturated heterocycles. The van der Waals surface area contributed by atoms with Crippen LogP contribution in [0.3, 0.4) is 0 Å². The van der Waals surface area contributed by atoms with E-state index in [0.29, 0.717) is 17.4 Å². The monoisotopic (exact) mass is 550 g/mol. The Labute approximate surface area is 223 Å². The summed E-state index contributed by atoms with van der Waals surface area (Å²) in [4.78, 5) is 12.4. The predicted molar refractivity (Wildman–Crippen MR) is 145 cm³/mol. The third-order valence-electron chi connectivity index (χ3n) is 5.84. The van der Waals surface area contributed by atoms with Crippen molar-refractivity contribution in [1.82, 2.24) is 15.0 Å². The number of hydrogen-bond acceptors (Lipinski definition) is 7. The number of benzene rings is 2. The van der Waals surface area contributed by atoms with Crippen molar-refractivity contribution < 1.29 is 21.9 Å². The summed E-state index contributed by atoms with van der Waals surface area (Å²) < 4.78 is 60.8. The quantitative estimate of drug-likeness (QED) is 0.246. The first-order valence-corrected chi connectivity index (χ1v) is 13.4. The van der Waals surface area contributed by atoms with E-state index in [4.69, 9.17) is 4.74 Å². The fourth-order valence-electron chi connectivity index (χ4n) is 3.99. The Morgan fingerprint density at radius 2 is 1.68 bits per heavy atom. The normalized spacial score (nSPS) is 11.5. The molecule has 0 aliphatic carbocycles. The van der Waals surface area contributed by atoms with Crippen molar-refractivity contribution in [3.8, 4) is 28.1 Å². The lowest BCUT2D eigenvalue weighted by Gasteiger charge is -2.14. The maximum absolute atomic E-state index is 14.2.